The van der Waals surface area contributed by atoms with Crippen molar-refractivity contribution in [3.8, 4) is 44.5 Å². The number of rotatable bonds is 0. The zero-order valence-corrected chi connectivity index (χ0v) is 26.2. The molecule has 0 aromatic heterocycles. The molecule has 0 saturated carbocycles. The van der Waals surface area contributed by atoms with Crippen LogP contribution in [0.25, 0.3) is 109 Å². The third kappa shape index (κ3) is 3.55. The van der Waals surface area contributed by atoms with Gasteiger partial charge in [0.1, 0.15) is 0 Å². The Bertz CT molecular complexity index is 3000. The Hall–Kier alpha value is -6.24. The Labute approximate surface area is 278 Å². The first-order valence-corrected chi connectivity index (χ1v) is 16.8. The van der Waals surface area contributed by atoms with E-state index in [4.69, 9.17) is 0 Å². The summed E-state index contributed by atoms with van der Waals surface area (Å²) in [5.41, 5.74) is 10.2. The van der Waals surface area contributed by atoms with Crippen LogP contribution in [0.4, 0.5) is 0 Å². The quantitative estimate of drug-likeness (QED) is 0.151. The molecule has 10 aromatic rings. The van der Waals surface area contributed by atoms with Crippen LogP contribution in [0.3, 0.4) is 0 Å². The maximum atomic E-state index is 2.48. The second kappa shape index (κ2) is 9.64. The largest absolute Gasteiger partial charge is 0.0616 e. The lowest BCUT2D eigenvalue weighted by molar-refractivity contribution is 1.55. The average Bonchev–Trinajstić information content (AvgIpc) is 3.16. The molecule has 0 heteroatoms. The minimum absolute atomic E-state index is 1.26. The van der Waals surface area contributed by atoms with Crippen LogP contribution < -0.4 is 0 Å². The van der Waals surface area contributed by atoms with Gasteiger partial charge in [-0.15, -0.1) is 0 Å². The molecule has 0 radical (unpaired) electrons. The van der Waals surface area contributed by atoms with E-state index in [-0.39, 0.29) is 0 Å². The zero-order valence-electron chi connectivity index (χ0n) is 26.2. The van der Waals surface area contributed by atoms with Crippen molar-refractivity contribution in [1.82, 2.24) is 0 Å². The van der Waals surface area contributed by atoms with E-state index in [9.17, 15) is 0 Å². The summed E-state index contributed by atoms with van der Waals surface area (Å²) in [5.74, 6) is 0. The Kier molecular flexibility index (Phi) is 5.20. The lowest BCUT2D eigenvalue weighted by Gasteiger charge is -2.25. The Morgan fingerprint density at radius 3 is 0.958 bits per heavy atom. The molecule has 0 aliphatic heterocycles. The molecular weight excluding hydrogens is 577 g/mol. The van der Waals surface area contributed by atoms with Crippen molar-refractivity contribution >= 4 is 64.6 Å². The fraction of sp³-hybridized carbons (Fsp3) is 0. The van der Waals surface area contributed by atoms with E-state index in [1.54, 1.807) is 0 Å². The summed E-state index contributed by atoms with van der Waals surface area (Å²) in [6.45, 7) is 0. The van der Waals surface area contributed by atoms with E-state index in [0.29, 0.717) is 0 Å². The van der Waals surface area contributed by atoms with Gasteiger partial charge in [-0.05, 0) is 133 Å². The van der Waals surface area contributed by atoms with Crippen molar-refractivity contribution in [3.63, 3.8) is 0 Å². The molecule has 11 rings (SSSR count). The van der Waals surface area contributed by atoms with Crippen LogP contribution in [0.5, 0.6) is 0 Å². The van der Waals surface area contributed by atoms with Crippen LogP contribution in [0, 0.1) is 0 Å². The van der Waals surface area contributed by atoms with E-state index in [1.165, 1.54) is 109 Å². The molecule has 0 nitrogen and oxygen atoms in total. The molecule has 0 unspecified atom stereocenters. The second-order valence-corrected chi connectivity index (χ2v) is 13.2. The average molecular weight is 605 g/mol. The molecule has 0 spiro atoms. The SMILES string of the molecule is c1ccc2c(c1)-c1ccccc1-c1cc3c(ccc4c5ccccc5ccc34)cc1-c1cc3c(ccc4c5ccccc5ccc34)cc1-2. The van der Waals surface area contributed by atoms with Gasteiger partial charge in [-0.3, -0.25) is 0 Å². The van der Waals surface area contributed by atoms with E-state index in [2.05, 4.69) is 170 Å². The Balaban J connectivity index is 1.31. The summed E-state index contributed by atoms with van der Waals surface area (Å²) in [4.78, 5) is 0. The van der Waals surface area contributed by atoms with Crippen molar-refractivity contribution in [3.05, 3.63) is 170 Å². The highest BCUT2D eigenvalue weighted by Crippen LogP contribution is 2.50. The van der Waals surface area contributed by atoms with Crippen molar-refractivity contribution < 1.29 is 0 Å². The maximum absolute atomic E-state index is 2.48. The van der Waals surface area contributed by atoms with Crippen molar-refractivity contribution in [2.24, 2.45) is 0 Å². The number of hydrogen-bond donors (Lipinski definition) is 0. The van der Waals surface area contributed by atoms with E-state index >= 15 is 0 Å². The first kappa shape index (κ1) is 25.9. The number of hydrogen-bond acceptors (Lipinski definition) is 0. The van der Waals surface area contributed by atoms with Crippen LogP contribution >= 0.6 is 0 Å². The second-order valence-electron chi connectivity index (χ2n) is 13.2. The monoisotopic (exact) mass is 604 g/mol. The molecule has 1 aliphatic rings. The van der Waals surface area contributed by atoms with Gasteiger partial charge in [0.15, 0.2) is 0 Å². The van der Waals surface area contributed by atoms with Gasteiger partial charge in [0, 0.05) is 0 Å². The highest BCUT2D eigenvalue weighted by Gasteiger charge is 2.24. The van der Waals surface area contributed by atoms with Crippen LogP contribution in [-0.4, -0.2) is 0 Å². The van der Waals surface area contributed by atoms with Gasteiger partial charge in [0.05, 0.1) is 0 Å². The molecule has 1 aliphatic carbocycles. The highest BCUT2D eigenvalue weighted by atomic mass is 14.3. The van der Waals surface area contributed by atoms with Crippen molar-refractivity contribution in [2.45, 2.75) is 0 Å². The molecule has 0 N–H and O–H groups in total. The van der Waals surface area contributed by atoms with E-state index in [0.717, 1.165) is 0 Å². The third-order valence-electron chi connectivity index (χ3n) is 10.8. The smallest absolute Gasteiger partial charge is 0.00921 e. The van der Waals surface area contributed by atoms with Gasteiger partial charge in [-0.25, -0.2) is 0 Å². The number of benzene rings is 10. The van der Waals surface area contributed by atoms with Gasteiger partial charge >= 0.3 is 0 Å². The van der Waals surface area contributed by atoms with Crippen molar-refractivity contribution in [1.29, 1.82) is 0 Å². The standard InChI is InChI=1S/C48H28/c1-3-11-33-29(9-1)17-21-41-39(33)24-20-32-26-46-47(27-43(32)41)38-16-8-6-14-36(38)35-13-5-7-15-37(35)45-25-31-19-23-40-34-12-4-2-10-30(34)18-22-42(40)44(31)28-48(45)46/h1-28H. The molecule has 48 heavy (non-hydrogen) atoms. The van der Waals surface area contributed by atoms with Crippen LogP contribution in [0.2, 0.25) is 0 Å². The topological polar surface area (TPSA) is 0 Å². The summed E-state index contributed by atoms with van der Waals surface area (Å²) in [7, 11) is 0. The van der Waals surface area contributed by atoms with Gasteiger partial charge in [0.2, 0.25) is 0 Å². The molecule has 220 valence electrons. The van der Waals surface area contributed by atoms with Crippen LogP contribution in [-0.2, 0) is 0 Å². The lowest BCUT2D eigenvalue weighted by atomic mass is 9.78. The molecule has 0 bridgehead atoms. The fourth-order valence-electron chi connectivity index (χ4n) is 8.54. The summed E-state index contributed by atoms with van der Waals surface area (Å²) < 4.78 is 0. The summed E-state index contributed by atoms with van der Waals surface area (Å²) in [6, 6.07) is 63.7. The molecule has 0 saturated heterocycles. The normalized spacial score (nSPS) is 12.2. The van der Waals surface area contributed by atoms with Gasteiger partial charge < -0.3 is 0 Å². The third-order valence-corrected chi connectivity index (χ3v) is 10.8. The minimum atomic E-state index is 1.26. The van der Waals surface area contributed by atoms with E-state index in [1.807, 2.05) is 0 Å². The molecule has 0 amide bonds. The summed E-state index contributed by atoms with van der Waals surface area (Å²) >= 11 is 0. The molecule has 0 heterocycles. The van der Waals surface area contributed by atoms with Gasteiger partial charge in [-0.1, -0.05) is 146 Å². The highest BCUT2D eigenvalue weighted by molar-refractivity contribution is 6.22. The number of fused-ring (bicyclic) bond motifs is 18. The Morgan fingerprint density at radius 2 is 0.479 bits per heavy atom. The molecular formula is C48H28. The maximum Gasteiger partial charge on any atom is -0.00921 e. The first-order chi connectivity index (χ1) is 23.8. The summed E-state index contributed by atoms with van der Waals surface area (Å²) in [6.07, 6.45) is 0. The predicted molar refractivity (Wildman–Crippen MR) is 207 cm³/mol. The van der Waals surface area contributed by atoms with Crippen LogP contribution in [0.1, 0.15) is 0 Å². The molecule has 0 atom stereocenters. The summed E-state index contributed by atoms with van der Waals surface area (Å²) in [5, 5.41) is 15.5. The van der Waals surface area contributed by atoms with Gasteiger partial charge in [-0.2, -0.15) is 0 Å². The lowest BCUT2D eigenvalue weighted by Crippen LogP contribution is -1.98. The van der Waals surface area contributed by atoms with E-state index < -0.39 is 0 Å². The fourth-order valence-corrected chi connectivity index (χ4v) is 8.54. The predicted octanol–water partition coefficient (Wildman–Crippen LogP) is 13.6. The minimum Gasteiger partial charge on any atom is -0.0616 e. The Morgan fingerprint density at radius 1 is 0.167 bits per heavy atom. The van der Waals surface area contributed by atoms with Crippen molar-refractivity contribution in [2.75, 3.05) is 0 Å². The van der Waals surface area contributed by atoms with Gasteiger partial charge in [0.25, 0.3) is 0 Å². The first-order valence-electron chi connectivity index (χ1n) is 16.8. The molecule has 0 fully saturated rings. The van der Waals surface area contributed by atoms with Crippen LogP contribution in [0.15, 0.2) is 170 Å². The zero-order chi connectivity index (χ0) is 31.3. The molecule has 10 aromatic carbocycles.